The van der Waals surface area contributed by atoms with E-state index in [1.807, 2.05) is 6.92 Å². The molecule has 0 bridgehead atoms. The van der Waals surface area contributed by atoms with Crippen LogP contribution < -0.4 is 14.8 Å². The van der Waals surface area contributed by atoms with E-state index in [2.05, 4.69) is 5.32 Å². The standard InChI is InChI=1S/C18H21NO5S/c1-12(13-5-8-15(9-6-13)25(4,21)22)19-18(20)16-11-14(23-2)7-10-17(16)24-3/h5-12H,1-4H3,(H,19,20)/t12-/m1/s1. The average molecular weight is 363 g/mol. The van der Waals surface area contributed by atoms with E-state index in [1.165, 1.54) is 26.4 Å². The molecule has 1 N–H and O–H groups in total. The molecule has 0 radical (unpaired) electrons. The molecule has 0 aromatic heterocycles. The Morgan fingerprint density at radius 1 is 1.04 bits per heavy atom. The van der Waals surface area contributed by atoms with Gasteiger partial charge in [0.2, 0.25) is 0 Å². The van der Waals surface area contributed by atoms with Crippen LogP contribution in [0.15, 0.2) is 47.4 Å². The highest BCUT2D eigenvalue weighted by Gasteiger charge is 2.17. The Balaban J connectivity index is 2.20. The SMILES string of the molecule is COc1ccc(OC)c(C(=O)N[C@H](C)c2ccc(S(C)(=O)=O)cc2)c1. The predicted molar refractivity (Wildman–Crippen MR) is 95.0 cm³/mol. The maximum atomic E-state index is 12.6. The summed E-state index contributed by atoms with van der Waals surface area (Å²) >= 11 is 0. The van der Waals surface area contributed by atoms with Crippen molar-refractivity contribution in [2.75, 3.05) is 20.5 Å². The molecule has 2 rings (SSSR count). The molecule has 1 amide bonds. The first-order chi connectivity index (χ1) is 11.8. The Labute approximate surface area is 147 Å². The summed E-state index contributed by atoms with van der Waals surface area (Å²) in [5, 5.41) is 2.87. The summed E-state index contributed by atoms with van der Waals surface area (Å²) in [5.74, 6) is 0.685. The quantitative estimate of drug-likeness (QED) is 0.853. The summed E-state index contributed by atoms with van der Waals surface area (Å²) in [6.45, 7) is 1.82. The number of ether oxygens (including phenoxy) is 2. The van der Waals surface area contributed by atoms with Crippen molar-refractivity contribution in [1.82, 2.24) is 5.32 Å². The van der Waals surface area contributed by atoms with Crippen LogP contribution in [0.1, 0.15) is 28.9 Å². The second kappa shape index (κ2) is 7.57. The molecule has 0 unspecified atom stereocenters. The zero-order valence-corrected chi connectivity index (χ0v) is 15.4. The number of hydrogen-bond donors (Lipinski definition) is 1. The lowest BCUT2D eigenvalue weighted by atomic mass is 10.1. The molecule has 134 valence electrons. The van der Waals surface area contributed by atoms with Gasteiger partial charge < -0.3 is 14.8 Å². The minimum Gasteiger partial charge on any atom is -0.497 e. The Morgan fingerprint density at radius 2 is 1.68 bits per heavy atom. The largest absolute Gasteiger partial charge is 0.497 e. The van der Waals surface area contributed by atoms with Gasteiger partial charge >= 0.3 is 0 Å². The normalized spacial score (nSPS) is 12.3. The Hall–Kier alpha value is -2.54. The Kier molecular flexibility index (Phi) is 5.69. The minimum atomic E-state index is -3.25. The molecular weight excluding hydrogens is 342 g/mol. The third-order valence-electron chi connectivity index (χ3n) is 3.81. The third kappa shape index (κ3) is 4.51. The minimum absolute atomic E-state index is 0.240. The molecule has 2 aromatic rings. The van der Waals surface area contributed by atoms with Gasteiger partial charge in [-0.05, 0) is 42.8 Å². The van der Waals surface area contributed by atoms with Crippen molar-refractivity contribution >= 4 is 15.7 Å². The van der Waals surface area contributed by atoms with Crippen LogP contribution in [0.3, 0.4) is 0 Å². The van der Waals surface area contributed by atoms with Crippen molar-refractivity contribution in [2.24, 2.45) is 0 Å². The van der Waals surface area contributed by atoms with Gasteiger partial charge in [0.05, 0.1) is 30.7 Å². The first-order valence-electron chi connectivity index (χ1n) is 7.59. The van der Waals surface area contributed by atoms with Crippen LogP contribution in [0.2, 0.25) is 0 Å². The summed E-state index contributed by atoms with van der Waals surface area (Å²) in [6.07, 6.45) is 1.16. The zero-order chi connectivity index (χ0) is 18.6. The third-order valence-corrected chi connectivity index (χ3v) is 4.94. The number of carbonyl (C=O) groups excluding carboxylic acids is 1. The lowest BCUT2D eigenvalue weighted by molar-refractivity contribution is 0.0936. The molecule has 0 aliphatic carbocycles. The zero-order valence-electron chi connectivity index (χ0n) is 14.6. The highest BCUT2D eigenvalue weighted by molar-refractivity contribution is 7.90. The molecule has 0 aliphatic heterocycles. The summed E-state index contributed by atoms with van der Waals surface area (Å²) in [7, 11) is -0.231. The molecule has 6 nitrogen and oxygen atoms in total. The molecule has 0 aliphatic rings. The Morgan fingerprint density at radius 3 is 2.20 bits per heavy atom. The van der Waals surface area contributed by atoms with Gasteiger partial charge in [-0.25, -0.2) is 8.42 Å². The highest BCUT2D eigenvalue weighted by Crippen LogP contribution is 2.25. The number of amides is 1. The van der Waals surface area contributed by atoms with Gasteiger partial charge in [0.1, 0.15) is 11.5 Å². The Bertz CT molecular complexity index is 860. The van der Waals surface area contributed by atoms with E-state index in [9.17, 15) is 13.2 Å². The van der Waals surface area contributed by atoms with Gasteiger partial charge in [-0.1, -0.05) is 12.1 Å². The van der Waals surface area contributed by atoms with Crippen LogP contribution in [0.25, 0.3) is 0 Å². The molecule has 25 heavy (non-hydrogen) atoms. The van der Waals surface area contributed by atoms with E-state index in [1.54, 1.807) is 30.3 Å². The fourth-order valence-corrected chi connectivity index (χ4v) is 2.98. The first-order valence-corrected chi connectivity index (χ1v) is 9.48. The topological polar surface area (TPSA) is 81.7 Å². The van der Waals surface area contributed by atoms with E-state index in [-0.39, 0.29) is 16.8 Å². The predicted octanol–water partition coefficient (Wildman–Crippen LogP) is 2.60. The van der Waals surface area contributed by atoms with E-state index < -0.39 is 9.84 Å². The van der Waals surface area contributed by atoms with Crippen molar-refractivity contribution < 1.29 is 22.7 Å². The lowest BCUT2D eigenvalue weighted by Gasteiger charge is -2.16. The van der Waals surface area contributed by atoms with Crippen LogP contribution in [0, 0.1) is 0 Å². The summed E-state index contributed by atoms with van der Waals surface area (Å²) in [5.41, 5.74) is 1.16. The van der Waals surface area contributed by atoms with Crippen LogP contribution in [-0.4, -0.2) is 34.8 Å². The highest BCUT2D eigenvalue weighted by atomic mass is 32.2. The summed E-state index contributed by atoms with van der Waals surface area (Å²) in [4.78, 5) is 12.8. The molecule has 0 heterocycles. The van der Waals surface area contributed by atoms with Crippen molar-refractivity contribution in [3.63, 3.8) is 0 Å². The molecule has 0 saturated heterocycles. The smallest absolute Gasteiger partial charge is 0.255 e. The van der Waals surface area contributed by atoms with Gasteiger partial charge in [-0.2, -0.15) is 0 Å². The summed E-state index contributed by atoms with van der Waals surface area (Å²) < 4.78 is 33.4. The van der Waals surface area contributed by atoms with Gasteiger partial charge in [0.25, 0.3) is 5.91 Å². The number of carbonyl (C=O) groups is 1. The second-order valence-corrected chi connectivity index (χ2v) is 7.62. The molecule has 0 fully saturated rings. The van der Waals surface area contributed by atoms with E-state index in [4.69, 9.17) is 9.47 Å². The number of hydrogen-bond acceptors (Lipinski definition) is 5. The summed E-state index contributed by atoms with van der Waals surface area (Å²) in [6, 6.07) is 11.1. The molecule has 7 heteroatoms. The first kappa shape index (κ1) is 18.8. The van der Waals surface area contributed by atoms with Gasteiger partial charge in [0.15, 0.2) is 9.84 Å². The van der Waals surface area contributed by atoms with Crippen molar-refractivity contribution in [3.05, 3.63) is 53.6 Å². The molecular formula is C18H21NO5S. The monoisotopic (exact) mass is 363 g/mol. The van der Waals surface area contributed by atoms with Crippen molar-refractivity contribution in [2.45, 2.75) is 17.9 Å². The van der Waals surface area contributed by atoms with Crippen LogP contribution in [0.5, 0.6) is 11.5 Å². The fourth-order valence-electron chi connectivity index (χ4n) is 2.35. The molecule has 0 spiro atoms. The number of methoxy groups -OCH3 is 2. The van der Waals surface area contributed by atoms with E-state index in [0.717, 1.165) is 11.8 Å². The van der Waals surface area contributed by atoms with E-state index >= 15 is 0 Å². The fraction of sp³-hybridized carbons (Fsp3) is 0.278. The number of rotatable bonds is 6. The number of benzene rings is 2. The van der Waals surface area contributed by atoms with E-state index in [0.29, 0.717) is 17.1 Å². The van der Waals surface area contributed by atoms with Gasteiger partial charge in [0, 0.05) is 6.26 Å². The second-order valence-electron chi connectivity index (χ2n) is 5.60. The number of sulfone groups is 1. The maximum absolute atomic E-state index is 12.6. The molecule has 1 atom stereocenters. The van der Waals surface area contributed by atoms with Gasteiger partial charge in [-0.3, -0.25) is 4.79 Å². The molecule has 0 saturated carbocycles. The van der Waals surface area contributed by atoms with Crippen LogP contribution in [-0.2, 0) is 9.84 Å². The van der Waals surface area contributed by atoms with Crippen molar-refractivity contribution in [1.29, 1.82) is 0 Å². The van der Waals surface area contributed by atoms with Crippen molar-refractivity contribution in [3.8, 4) is 11.5 Å². The number of nitrogens with one attached hydrogen (secondary N) is 1. The molecule has 2 aromatic carbocycles. The maximum Gasteiger partial charge on any atom is 0.255 e. The van der Waals surface area contributed by atoms with Crippen LogP contribution >= 0.6 is 0 Å². The average Bonchev–Trinajstić information content (AvgIpc) is 2.60. The van der Waals surface area contributed by atoms with Crippen LogP contribution in [0.4, 0.5) is 0 Å². The van der Waals surface area contributed by atoms with Gasteiger partial charge in [-0.15, -0.1) is 0 Å². The lowest BCUT2D eigenvalue weighted by Crippen LogP contribution is -2.27.